The van der Waals surface area contributed by atoms with Gasteiger partial charge in [0, 0.05) is 5.02 Å². The number of hydrogen-bond acceptors (Lipinski definition) is 2. The Balaban J connectivity index is 1.97. The Morgan fingerprint density at radius 2 is 2.06 bits per heavy atom. The van der Waals surface area contributed by atoms with Gasteiger partial charge in [-0.3, -0.25) is 9.59 Å². The predicted molar refractivity (Wildman–Crippen MR) is 67.2 cm³/mol. The Kier molecular flexibility index (Phi) is 3.57. The molecule has 2 N–H and O–H groups in total. The number of benzene rings is 1. The number of carbonyl (C=O) groups excluding carboxylic acids is 1. The molecule has 1 fully saturated rings. The molecule has 4 nitrogen and oxygen atoms in total. The molecule has 0 spiro atoms. The highest BCUT2D eigenvalue weighted by Gasteiger charge is 2.48. The van der Waals surface area contributed by atoms with Gasteiger partial charge in [-0.25, -0.2) is 0 Å². The molecule has 1 saturated carbocycles. The third-order valence-corrected chi connectivity index (χ3v) is 3.52. The first-order valence-corrected chi connectivity index (χ1v) is 6.16. The van der Waals surface area contributed by atoms with Gasteiger partial charge < -0.3 is 10.4 Å². The van der Waals surface area contributed by atoms with Crippen molar-refractivity contribution < 1.29 is 14.7 Å². The molecule has 0 heterocycles. The predicted octanol–water partition coefficient (Wildman–Crippen LogP) is 2.24. The van der Waals surface area contributed by atoms with Crippen molar-refractivity contribution in [3.63, 3.8) is 0 Å². The molecule has 96 valence electrons. The van der Waals surface area contributed by atoms with Crippen LogP contribution in [-0.4, -0.2) is 17.0 Å². The Hall–Kier alpha value is -1.55. The highest BCUT2D eigenvalue weighted by Crippen LogP contribution is 2.39. The van der Waals surface area contributed by atoms with E-state index >= 15 is 0 Å². The molecule has 1 aromatic rings. The number of carbonyl (C=O) groups is 2. The fourth-order valence-electron chi connectivity index (χ4n) is 1.98. The quantitative estimate of drug-likeness (QED) is 0.879. The van der Waals surface area contributed by atoms with E-state index in [9.17, 15) is 9.59 Å². The molecule has 5 heteroatoms. The molecule has 3 atom stereocenters. The van der Waals surface area contributed by atoms with Gasteiger partial charge in [-0.15, -0.1) is 0 Å². The number of rotatable bonds is 4. The number of carboxylic acid groups (broad SMARTS) is 1. The van der Waals surface area contributed by atoms with E-state index in [1.807, 2.05) is 25.1 Å². The lowest BCUT2D eigenvalue weighted by Gasteiger charge is -2.15. The van der Waals surface area contributed by atoms with Crippen molar-refractivity contribution in [2.24, 2.45) is 11.8 Å². The fourth-order valence-corrected chi connectivity index (χ4v) is 2.28. The Morgan fingerprint density at radius 3 is 2.61 bits per heavy atom. The summed E-state index contributed by atoms with van der Waals surface area (Å²) in [6, 6.07) is 7.05. The number of nitrogens with one attached hydrogen (secondary N) is 1. The first-order valence-electron chi connectivity index (χ1n) is 5.78. The fraction of sp³-hybridized carbons (Fsp3) is 0.385. The maximum Gasteiger partial charge on any atom is 0.307 e. The Bertz CT molecular complexity index is 489. The molecular weight excluding hydrogens is 254 g/mol. The number of halogens is 1. The number of amides is 1. The van der Waals surface area contributed by atoms with Gasteiger partial charge in [-0.1, -0.05) is 29.8 Å². The van der Waals surface area contributed by atoms with Gasteiger partial charge in [-0.05, 0) is 25.0 Å². The van der Waals surface area contributed by atoms with Gasteiger partial charge in [0.1, 0.15) is 0 Å². The van der Waals surface area contributed by atoms with E-state index < -0.39 is 17.8 Å². The van der Waals surface area contributed by atoms with Crippen LogP contribution < -0.4 is 5.32 Å². The van der Waals surface area contributed by atoms with Crippen LogP contribution in [0, 0.1) is 11.8 Å². The summed E-state index contributed by atoms with van der Waals surface area (Å²) in [6.07, 6.45) is 0.427. The van der Waals surface area contributed by atoms with Crippen LogP contribution in [0.2, 0.25) is 5.02 Å². The highest BCUT2D eigenvalue weighted by molar-refractivity contribution is 6.31. The van der Waals surface area contributed by atoms with E-state index in [0.717, 1.165) is 5.56 Å². The molecular formula is C13H14ClNO3. The van der Waals surface area contributed by atoms with Crippen LogP contribution >= 0.6 is 11.6 Å². The molecule has 1 aromatic carbocycles. The van der Waals surface area contributed by atoms with E-state index in [0.29, 0.717) is 11.4 Å². The molecule has 1 aliphatic carbocycles. The van der Waals surface area contributed by atoms with Gasteiger partial charge in [0.15, 0.2) is 0 Å². The van der Waals surface area contributed by atoms with Crippen molar-refractivity contribution >= 4 is 23.5 Å². The monoisotopic (exact) mass is 267 g/mol. The van der Waals surface area contributed by atoms with Gasteiger partial charge in [-0.2, -0.15) is 0 Å². The van der Waals surface area contributed by atoms with E-state index in [-0.39, 0.29) is 11.9 Å². The molecule has 0 bridgehead atoms. The molecule has 0 saturated heterocycles. The lowest BCUT2D eigenvalue weighted by Crippen LogP contribution is -2.29. The van der Waals surface area contributed by atoms with Crippen molar-refractivity contribution in [1.29, 1.82) is 0 Å². The SMILES string of the molecule is C[C@H](NC(=O)[C@@H]1C[C@H]1C(=O)O)c1ccccc1Cl. The maximum atomic E-state index is 11.8. The van der Waals surface area contributed by atoms with Crippen molar-refractivity contribution in [3.8, 4) is 0 Å². The first kappa shape index (κ1) is 12.9. The zero-order valence-corrected chi connectivity index (χ0v) is 10.6. The highest BCUT2D eigenvalue weighted by atomic mass is 35.5. The average Bonchev–Trinajstić information content (AvgIpc) is 3.09. The molecule has 0 aromatic heterocycles. The second-order valence-corrected chi connectivity index (χ2v) is 4.95. The van der Waals surface area contributed by atoms with Crippen molar-refractivity contribution in [2.75, 3.05) is 0 Å². The number of carboxylic acids is 1. The van der Waals surface area contributed by atoms with Crippen molar-refractivity contribution in [1.82, 2.24) is 5.32 Å². The summed E-state index contributed by atoms with van der Waals surface area (Å²) in [5, 5.41) is 12.2. The Morgan fingerprint density at radius 1 is 1.39 bits per heavy atom. The van der Waals surface area contributed by atoms with Gasteiger partial charge >= 0.3 is 5.97 Å². The van der Waals surface area contributed by atoms with Crippen molar-refractivity contribution in [3.05, 3.63) is 34.9 Å². The van der Waals surface area contributed by atoms with Crippen LogP contribution in [0.15, 0.2) is 24.3 Å². The van der Waals surface area contributed by atoms with E-state index in [4.69, 9.17) is 16.7 Å². The van der Waals surface area contributed by atoms with Crippen LogP contribution in [0.3, 0.4) is 0 Å². The van der Waals surface area contributed by atoms with Crippen LogP contribution in [0.5, 0.6) is 0 Å². The number of aliphatic carboxylic acids is 1. The van der Waals surface area contributed by atoms with Crippen LogP contribution in [0.4, 0.5) is 0 Å². The zero-order chi connectivity index (χ0) is 13.3. The summed E-state index contributed by atoms with van der Waals surface area (Å²) in [5.74, 6) is -2.04. The van der Waals surface area contributed by atoms with Gasteiger partial charge in [0.05, 0.1) is 17.9 Å². The van der Waals surface area contributed by atoms with Gasteiger partial charge in [0.25, 0.3) is 0 Å². The van der Waals surface area contributed by atoms with E-state index in [2.05, 4.69) is 5.32 Å². The van der Waals surface area contributed by atoms with E-state index in [1.165, 1.54) is 0 Å². The minimum atomic E-state index is -0.902. The van der Waals surface area contributed by atoms with Crippen LogP contribution in [0.25, 0.3) is 0 Å². The largest absolute Gasteiger partial charge is 0.481 e. The summed E-state index contributed by atoms with van der Waals surface area (Å²) >= 11 is 6.03. The Labute approximate surface area is 110 Å². The molecule has 0 radical (unpaired) electrons. The topological polar surface area (TPSA) is 66.4 Å². The standard InChI is InChI=1S/C13H14ClNO3/c1-7(8-4-2-3-5-11(8)14)15-12(16)9-6-10(9)13(17)18/h2-5,7,9-10H,6H2,1H3,(H,15,16)(H,17,18)/t7-,9+,10+/m0/s1. The van der Waals surface area contributed by atoms with Crippen molar-refractivity contribution in [2.45, 2.75) is 19.4 Å². The average molecular weight is 268 g/mol. The number of hydrogen-bond donors (Lipinski definition) is 2. The zero-order valence-electron chi connectivity index (χ0n) is 9.89. The summed E-state index contributed by atoms with van der Waals surface area (Å²) in [4.78, 5) is 22.5. The van der Waals surface area contributed by atoms with Crippen LogP contribution in [0.1, 0.15) is 24.9 Å². The molecule has 2 rings (SSSR count). The third kappa shape index (κ3) is 2.64. The third-order valence-electron chi connectivity index (χ3n) is 3.17. The minimum absolute atomic E-state index is 0.213. The smallest absolute Gasteiger partial charge is 0.307 e. The lowest BCUT2D eigenvalue weighted by atomic mass is 10.1. The summed E-state index contributed by atoms with van der Waals surface area (Å²) in [5.41, 5.74) is 0.833. The second kappa shape index (κ2) is 4.98. The van der Waals surface area contributed by atoms with E-state index in [1.54, 1.807) is 6.07 Å². The molecule has 0 unspecified atom stereocenters. The second-order valence-electron chi connectivity index (χ2n) is 4.54. The molecule has 1 aliphatic rings. The summed E-state index contributed by atoms with van der Waals surface area (Å²) in [7, 11) is 0. The molecule has 0 aliphatic heterocycles. The lowest BCUT2D eigenvalue weighted by molar-refractivity contribution is -0.140. The first-order chi connectivity index (χ1) is 8.50. The summed E-state index contributed by atoms with van der Waals surface area (Å²) < 4.78 is 0. The van der Waals surface area contributed by atoms with Crippen LogP contribution in [-0.2, 0) is 9.59 Å². The molecule has 1 amide bonds. The molecule has 18 heavy (non-hydrogen) atoms. The minimum Gasteiger partial charge on any atom is -0.481 e. The normalized spacial score (nSPS) is 23.2. The summed E-state index contributed by atoms with van der Waals surface area (Å²) in [6.45, 7) is 1.83. The van der Waals surface area contributed by atoms with Gasteiger partial charge in [0.2, 0.25) is 5.91 Å². The maximum absolute atomic E-state index is 11.8.